The summed E-state index contributed by atoms with van der Waals surface area (Å²) < 4.78 is 0. The number of anilines is 1. The van der Waals surface area contributed by atoms with Crippen molar-refractivity contribution >= 4 is 11.6 Å². The molecule has 1 N–H and O–H groups in total. The van der Waals surface area contributed by atoms with Crippen molar-refractivity contribution in [1.29, 1.82) is 0 Å². The number of hydrogen-bond donors (Lipinski definition) is 1. The number of nitrogens with zero attached hydrogens (tertiary/aromatic N) is 2. The van der Waals surface area contributed by atoms with E-state index in [-0.39, 0.29) is 11.4 Å². The Balaban J connectivity index is 1.45. The fourth-order valence-electron chi connectivity index (χ4n) is 3.87. The lowest BCUT2D eigenvalue weighted by atomic mass is 9.99. The molecular formula is C22H27N3O. The Morgan fingerprint density at radius 2 is 1.92 bits per heavy atom. The van der Waals surface area contributed by atoms with Crippen molar-refractivity contribution in [1.82, 2.24) is 10.3 Å². The van der Waals surface area contributed by atoms with Crippen molar-refractivity contribution in [2.75, 3.05) is 18.0 Å². The van der Waals surface area contributed by atoms with Crippen molar-refractivity contribution in [3.63, 3.8) is 0 Å². The van der Waals surface area contributed by atoms with Gasteiger partial charge >= 0.3 is 0 Å². The first-order valence-electron chi connectivity index (χ1n) is 9.73. The highest BCUT2D eigenvalue weighted by atomic mass is 16.2. The molecule has 1 amide bonds. The fraction of sp³-hybridized carbons (Fsp3) is 0.455. The number of aryl methyl sites for hydroxylation is 1. The zero-order valence-corrected chi connectivity index (χ0v) is 15.5. The van der Waals surface area contributed by atoms with E-state index >= 15 is 0 Å². The third-order valence-corrected chi connectivity index (χ3v) is 5.72. The van der Waals surface area contributed by atoms with Crippen molar-refractivity contribution in [2.45, 2.75) is 51.0 Å². The van der Waals surface area contributed by atoms with Gasteiger partial charge in [0.2, 0.25) is 0 Å². The molecule has 4 heteroatoms. The van der Waals surface area contributed by atoms with Crippen LogP contribution in [-0.4, -0.2) is 29.5 Å². The van der Waals surface area contributed by atoms with E-state index in [2.05, 4.69) is 46.4 Å². The second kappa shape index (κ2) is 7.10. The highest BCUT2D eigenvalue weighted by molar-refractivity contribution is 5.94. The van der Waals surface area contributed by atoms with E-state index < -0.39 is 0 Å². The smallest absolute Gasteiger partial charge is 0.270 e. The zero-order chi connectivity index (χ0) is 18.0. The largest absolute Gasteiger partial charge is 0.371 e. The van der Waals surface area contributed by atoms with Crippen molar-refractivity contribution < 1.29 is 4.79 Å². The van der Waals surface area contributed by atoms with Crippen LogP contribution in [0.25, 0.3) is 0 Å². The standard InChI is InChI=1S/C22H27N3O/c1-17-7-3-4-8-18(17)16-22(10-11-22)24-21(26)20-15-19(9-12-23-20)25-13-5-2-6-14-25/h3-4,7-9,12,15H,2,5-6,10-11,13-14,16H2,1H3,(H,24,26). The molecule has 0 bridgehead atoms. The lowest BCUT2D eigenvalue weighted by Crippen LogP contribution is -2.39. The molecule has 1 saturated carbocycles. The van der Waals surface area contributed by atoms with E-state index in [0.717, 1.165) is 38.0 Å². The molecule has 1 aromatic heterocycles. The van der Waals surface area contributed by atoms with Gasteiger partial charge in [0.15, 0.2) is 0 Å². The monoisotopic (exact) mass is 349 g/mol. The summed E-state index contributed by atoms with van der Waals surface area (Å²) in [6.45, 7) is 4.28. The Morgan fingerprint density at radius 1 is 1.15 bits per heavy atom. The number of carbonyl (C=O) groups excluding carboxylic acids is 1. The first-order valence-corrected chi connectivity index (χ1v) is 9.73. The van der Waals surface area contributed by atoms with Gasteiger partial charge in [0.05, 0.1) is 0 Å². The Labute approximate surface area is 155 Å². The average molecular weight is 349 g/mol. The van der Waals surface area contributed by atoms with Crippen molar-refractivity contribution in [3.8, 4) is 0 Å². The van der Waals surface area contributed by atoms with Gasteiger partial charge in [0.25, 0.3) is 5.91 Å². The van der Waals surface area contributed by atoms with Crippen LogP contribution in [0, 0.1) is 6.92 Å². The average Bonchev–Trinajstić information content (AvgIpc) is 3.43. The molecule has 0 atom stereocenters. The van der Waals surface area contributed by atoms with Crippen LogP contribution in [0.5, 0.6) is 0 Å². The molecule has 4 rings (SSSR count). The fourth-order valence-corrected chi connectivity index (χ4v) is 3.87. The maximum absolute atomic E-state index is 12.8. The highest BCUT2D eigenvalue weighted by Gasteiger charge is 2.44. The van der Waals surface area contributed by atoms with Gasteiger partial charge < -0.3 is 10.2 Å². The maximum Gasteiger partial charge on any atom is 0.270 e. The van der Waals surface area contributed by atoms with E-state index in [1.165, 1.54) is 30.4 Å². The number of piperidine rings is 1. The Kier molecular flexibility index (Phi) is 4.66. The van der Waals surface area contributed by atoms with E-state index in [0.29, 0.717) is 5.69 Å². The maximum atomic E-state index is 12.8. The molecule has 2 fully saturated rings. The van der Waals surface area contributed by atoms with Gasteiger partial charge in [0.1, 0.15) is 5.69 Å². The number of pyridine rings is 1. The number of hydrogen-bond acceptors (Lipinski definition) is 3. The predicted octanol–water partition coefficient (Wildman–Crippen LogP) is 3.89. The van der Waals surface area contributed by atoms with E-state index in [9.17, 15) is 4.79 Å². The molecule has 0 spiro atoms. The number of benzene rings is 1. The second-order valence-corrected chi connectivity index (χ2v) is 7.78. The molecule has 1 saturated heterocycles. The quantitative estimate of drug-likeness (QED) is 0.891. The third kappa shape index (κ3) is 3.74. The minimum Gasteiger partial charge on any atom is -0.371 e. The zero-order valence-electron chi connectivity index (χ0n) is 15.5. The highest BCUT2D eigenvalue weighted by Crippen LogP contribution is 2.39. The summed E-state index contributed by atoms with van der Waals surface area (Å²) in [5.74, 6) is -0.0463. The SMILES string of the molecule is Cc1ccccc1CC1(NC(=O)c2cc(N3CCCCC3)ccn2)CC1. The Morgan fingerprint density at radius 3 is 2.65 bits per heavy atom. The summed E-state index contributed by atoms with van der Waals surface area (Å²) in [5.41, 5.74) is 4.17. The van der Waals surface area contributed by atoms with E-state index in [1.807, 2.05) is 12.1 Å². The van der Waals surface area contributed by atoms with Crippen LogP contribution in [0.1, 0.15) is 53.7 Å². The molecule has 136 valence electrons. The van der Waals surface area contributed by atoms with Crippen LogP contribution in [0.15, 0.2) is 42.6 Å². The van der Waals surface area contributed by atoms with E-state index in [1.54, 1.807) is 6.20 Å². The summed E-state index contributed by atoms with van der Waals surface area (Å²) in [6, 6.07) is 12.4. The minimum atomic E-state index is -0.0913. The van der Waals surface area contributed by atoms with Crippen molar-refractivity contribution in [3.05, 3.63) is 59.4 Å². The molecule has 1 aliphatic heterocycles. The minimum absolute atomic E-state index is 0.0463. The number of rotatable bonds is 5. The van der Waals surface area contributed by atoms with E-state index in [4.69, 9.17) is 0 Å². The predicted molar refractivity (Wildman–Crippen MR) is 105 cm³/mol. The molecule has 0 unspecified atom stereocenters. The first-order chi connectivity index (χ1) is 12.7. The van der Waals surface area contributed by atoms with Gasteiger partial charge in [0, 0.05) is 30.5 Å². The van der Waals surface area contributed by atoms with Crippen LogP contribution in [0.4, 0.5) is 5.69 Å². The molecule has 2 aliphatic rings. The molecular weight excluding hydrogens is 322 g/mol. The lowest BCUT2D eigenvalue weighted by molar-refractivity contribution is 0.0926. The van der Waals surface area contributed by atoms with Gasteiger partial charge in [-0.3, -0.25) is 9.78 Å². The number of nitrogens with one attached hydrogen (secondary N) is 1. The van der Waals surface area contributed by atoms with Gasteiger partial charge in [-0.15, -0.1) is 0 Å². The number of aromatic nitrogens is 1. The van der Waals surface area contributed by atoms with Crippen LogP contribution in [0.3, 0.4) is 0 Å². The second-order valence-electron chi connectivity index (χ2n) is 7.78. The van der Waals surface area contributed by atoms with Gasteiger partial charge in [-0.1, -0.05) is 24.3 Å². The third-order valence-electron chi connectivity index (χ3n) is 5.72. The van der Waals surface area contributed by atoms with Crippen LogP contribution < -0.4 is 10.2 Å². The topological polar surface area (TPSA) is 45.2 Å². The summed E-state index contributed by atoms with van der Waals surface area (Å²) in [7, 11) is 0. The first kappa shape index (κ1) is 17.1. The molecule has 4 nitrogen and oxygen atoms in total. The molecule has 0 radical (unpaired) electrons. The summed E-state index contributed by atoms with van der Waals surface area (Å²) in [5, 5.41) is 3.27. The normalized spacial score (nSPS) is 18.4. The van der Waals surface area contributed by atoms with Gasteiger partial charge in [-0.25, -0.2) is 0 Å². The summed E-state index contributed by atoms with van der Waals surface area (Å²) >= 11 is 0. The Bertz CT molecular complexity index is 791. The molecule has 2 heterocycles. The Hall–Kier alpha value is -2.36. The van der Waals surface area contributed by atoms with Crippen LogP contribution in [0.2, 0.25) is 0 Å². The van der Waals surface area contributed by atoms with Crippen LogP contribution >= 0.6 is 0 Å². The summed E-state index contributed by atoms with van der Waals surface area (Å²) in [4.78, 5) is 19.5. The molecule has 1 aromatic carbocycles. The van der Waals surface area contributed by atoms with Crippen LogP contribution in [-0.2, 0) is 6.42 Å². The molecule has 26 heavy (non-hydrogen) atoms. The molecule has 2 aromatic rings. The summed E-state index contributed by atoms with van der Waals surface area (Å²) in [6.07, 6.45) is 8.50. The van der Waals surface area contributed by atoms with Gasteiger partial charge in [-0.2, -0.15) is 0 Å². The number of carbonyl (C=O) groups is 1. The van der Waals surface area contributed by atoms with Crippen molar-refractivity contribution in [2.24, 2.45) is 0 Å². The van der Waals surface area contributed by atoms with Gasteiger partial charge in [-0.05, 0) is 68.7 Å². The lowest BCUT2D eigenvalue weighted by Gasteiger charge is -2.29. The number of amides is 1. The molecule has 1 aliphatic carbocycles.